The van der Waals surface area contributed by atoms with Gasteiger partial charge in [0.25, 0.3) is 0 Å². The highest BCUT2D eigenvalue weighted by atomic mass is 32.2. The number of rotatable bonds is 6. The molecule has 7 nitrogen and oxygen atoms in total. The van der Waals surface area contributed by atoms with Crippen LogP contribution in [0.5, 0.6) is 0 Å². The summed E-state index contributed by atoms with van der Waals surface area (Å²) >= 11 is 0. The van der Waals surface area contributed by atoms with E-state index in [-0.39, 0.29) is 29.2 Å². The zero-order valence-electron chi connectivity index (χ0n) is 10.4. The molecule has 0 aliphatic heterocycles. The maximum Gasteiger partial charge on any atom is 0.303 e. The molecule has 8 heteroatoms. The average Bonchev–Trinajstić information content (AvgIpc) is 2.55. The molecule has 1 aromatic heterocycles. The number of carboxylic acids is 1. The molecule has 1 atom stereocenters. The van der Waals surface area contributed by atoms with Crippen LogP contribution in [-0.4, -0.2) is 30.7 Å². The largest absolute Gasteiger partial charge is 0.481 e. The second kappa shape index (κ2) is 5.49. The standard InChI is InChI=1S/C10H16N2O5S/c1-6(4-5-9(13)14)12-18(15,16)10-7(2)11-17-8(10)3/h6,12H,4-5H2,1-3H3,(H,13,14). The summed E-state index contributed by atoms with van der Waals surface area (Å²) in [4.78, 5) is 10.4. The molecule has 2 N–H and O–H groups in total. The van der Waals surface area contributed by atoms with Gasteiger partial charge in [-0.2, -0.15) is 0 Å². The molecule has 18 heavy (non-hydrogen) atoms. The number of hydrogen-bond donors (Lipinski definition) is 2. The van der Waals surface area contributed by atoms with Crippen molar-refractivity contribution in [3.63, 3.8) is 0 Å². The molecule has 0 saturated carbocycles. The first-order valence-electron chi connectivity index (χ1n) is 5.41. The molecule has 0 amide bonds. The fourth-order valence-electron chi connectivity index (χ4n) is 1.58. The van der Waals surface area contributed by atoms with Crippen molar-refractivity contribution < 1.29 is 22.8 Å². The quantitative estimate of drug-likeness (QED) is 0.796. The van der Waals surface area contributed by atoms with Gasteiger partial charge in [-0.3, -0.25) is 4.79 Å². The summed E-state index contributed by atoms with van der Waals surface area (Å²) in [7, 11) is -3.72. The van der Waals surface area contributed by atoms with Crippen LogP contribution in [0.4, 0.5) is 0 Å². The SMILES string of the molecule is Cc1noc(C)c1S(=O)(=O)NC(C)CCC(=O)O. The van der Waals surface area contributed by atoms with E-state index in [0.29, 0.717) is 0 Å². The van der Waals surface area contributed by atoms with Crippen LogP contribution in [0.15, 0.2) is 9.42 Å². The summed E-state index contributed by atoms with van der Waals surface area (Å²) in [6.45, 7) is 4.65. The van der Waals surface area contributed by atoms with Gasteiger partial charge in [-0.05, 0) is 27.2 Å². The predicted molar refractivity (Wildman–Crippen MR) is 62.6 cm³/mol. The zero-order chi connectivity index (χ0) is 13.9. The number of hydrogen-bond acceptors (Lipinski definition) is 5. The van der Waals surface area contributed by atoms with Gasteiger partial charge in [0.1, 0.15) is 10.6 Å². The molecule has 0 aliphatic rings. The Morgan fingerprint density at radius 3 is 2.56 bits per heavy atom. The lowest BCUT2D eigenvalue weighted by molar-refractivity contribution is -0.137. The Hall–Kier alpha value is -1.41. The lowest BCUT2D eigenvalue weighted by Crippen LogP contribution is -2.33. The van der Waals surface area contributed by atoms with E-state index < -0.39 is 22.0 Å². The minimum atomic E-state index is -3.72. The lowest BCUT2D eigenvalue weighted by atomic mass is 10.2. The van der Waals surface area contributed by atoms with Crippen LogP contribution in [0, 0.1) is 13.8 Å². The van der Waals surface area contributed by atoms with E-state index in [1.54, 1.807) is 6.92 Å². The van der Waals surface area contributed by atoms with Crippen molar-refractivity contribution >= 4 is 16.0 Å². The zero-order valence-corrected chi connectivity index (χ0v) is 11.2. The number of nitrogens with zero attached hydrogens (tertiary/aromatic N) is 1. The Morgan fingerprint density at radius 1 is 1.50 bits per heavy atom. The van der Waals surface area contributed by atoms with Gasteiger partial charge in [-0.15, -0.1) is 0 Å². The lowest BCUT2D eigenvalue weighted by Gasteiger charge is -2.12. The highest BCUT2D eigenvalue weighted by Gasteiger charge is 2.25. The second-order valence-electron chi connectivity index (χ2n) is 4.11. The van der Waals surface area contributed by atoms with Crippen molar-refractivity contribution in [2.24, 2.45) is 0 Å². The topological polar surface area (TPSA) is 110 Å². The molecule has 1 aromatic rings. The second-order valence-corrected chi connectivity index (χ2v) is 5.76. The molecule has 0 aromatic carbocycles. The fraction of sp³-hybridized carbons (Fsp3) is 0.600. The van der Waals surface area contributed by atoms with Gasteiger partial charge in [0.15, 0.2) is 5.76 Å². The molecule has 1 unspecified atom stereocenters. The number of carboxylic acid groups (broad SMARTS) is 1. The van der Waals surface area contributed by atoms with Crippen LogP contribution in [0.25, 0.3) is 0 Å². The molecule has 0 fully saturated rings. The number of aromatic nitrogens is 1. The van der Waals surface area contributed by atoms with E-state index in [1.807, 2.05) is 0 Å². The molecule has 0 aliphatic carbocycles. The van der Waals surface area contributed by atoms with Crippen LogP contribution in [0.1, 0.15) is 31.2 Å². The van der Waals surface area contributed by atoms with Gasteiger partial charge >= 0.3 is 5.97 Å². The summed E-state index contributed by atoms with van der Waals surface area (Å²) in [5.41, 5.74) is 0.283. The molecule has 0 spiro atoms. The number of sulfonamides is 1. The van der Waals surface area contributed by atoms with E-state index >= 15 is 0 Å². The third-order valence-corrected chi connectivity index (χ3v) is 4.22. The monoisotopic (exact) mass is 276 g/mol. The smallest absolute Gasteiger partial charge is 0.303 e. The summed E-state index contributed by atoms with van der Waals surface area (Å²) in [5.74, 6) is -0.746. The Bertz CT molecular complexity index is 515. The minimum Gasteiger partial charge on any atom is -0.481 e. The number of aliphatic carboxylic acids is 1. The normalized spacial score (nSPS) is 13.5. The van der Waals surface area contributed by atoms with E-state index in [4.69, 9.17) is 9.63 Å². The molecule has 0 saturated heterocycles. The molecule has 1 heterocycles. The van der Waals surface area contributed by atoms with Crippen LogP contribution in [0.3, 0.4) is 0 Å². The summed E-state index contributed by atoms with van der Waals surface area (Å²) in [5, 5.41) is 12.1. The first-order valence-corrected chi connectivity index (χ1v) is 6.89. The van der Waals surface area contributed by atoms with Crippen LogP contribution >= 0.6 is 0 Å². The summed E-state index contributed by atoms with van der Waals surface area (Å²) < 4.78 is 31.3. The minimum absolute atomic E-state index is 0.0182. The Balaban J connectivity index is 2.80. The van der Waals surface area contributed by atoms with Gasteiger partial charge in [-0.25, -0.2) is 13.1 Å². The number of nitrogens with one attached hydrogen (secondary N) is 1. The first-order chi connectivity index (χ1) is 8.24. The number of carbonyl (C=O) groups is 1. The van der Waals surface area contributed by atoms with Crippen molar-refractivity contribution in [3.05, 3.63) is 11.5 Å². The molecule has 1 rings (SSSR count). The van der Waals surface area contributed by atoms with Crippen molar-refractivity contribution in [3.8, 4) is 0 Å². The van der Waals surface area contributed by atoms with Crippen molar-refractivity contribution in [1.29, 1.82) is 0 Å². The molecule has 0 radical (unpaired) electrons. The van der Waals surface area contributed by atoms with Crippen LogP contribution in [-0.2, 0) is 14.8 Å². The average molecular weight is 276 g/mol. The highest BCUT2D eigenvalue weighted by Crippen LogP contribution is 2.19. The van der Waals surface area contributed by atoms with Gasteiger partial charge in [-0.1, -0.05) is 5.16 Å². The molecule has 0 bridgehead atoms. The Morgan fingerprint density at radius 2 is 2.11 bits per heavy atom. The third-order valence-electron chi connectivity index (χ3n) is 2.38. The molecule has 102 valence electrons. The van der Waals surface area contributed by atoms with E-state index in [1.165, 1.54) is 13.8 Å². The predicted octanol–water partition coefficient (Wildman–Crippen LogP) is 0.823. The Kier molecular flexibility index (Phi) is 4.47. The van der Waals surface area contributed by atoms with Gasteiger partial charge in [0.2, 0.25) is 10.0 Å². The first kappa shape index (κ1) is 14.7. The maximum absolute atomic E-state index is 12.0. The van der Waals surface area contributed by atoms with E-state index in [0.717, 1.165) is 0 Å². The number of aryl methyl sites for hydroxylation is 2. The van der Waals surface area contributed by atoms with Gasteiger partial charge in [0.05, 0.1) is 0 Å². The van der Waals surface area contributed by atoms with E-state index in [2.05, 4.69) is 9.88 Å². The fourth-order valence-corrected chi connectivity index (χ4v) is 3.19. The summed E-state index contributed by atoms with van der Waals surface area (Å²) in [6, 6.07) is -0.472. The van der Waals surface area contributed by atoms with Crippen molar-refractivity contribution in [2.45, 2.75) is 44.6 Å². The summed E-state index contributed by atoms with van der Waals surface area (Å²) in [6.07, 6.45) is 0.128. The molecular weight excluding hydrogens is 260 g/mol. The highest BCUT2D eigenvalue weighted by molar-refractivity contribution is 7.89. The maximum atomic E-state index is 12.0. The van der Waals surface area contributed by atoms with E-state index in [9.17, 15) is 13.2 Å². The van der Waals surface area contributed by atoms with Gasteiger partial charge < -0.3 is 9.63 Å². The van der Waals surface area contributed by atoms with Crippen LogP contribution in [0.2, 0.25) is 0 Å². The van der Waals surface area contributed by atoms with Crippen molar-refractivity contribution in [2.75, 3.05) is 0 Å². The van der Waals surface area contributed by atoms with Crippen LogP contribution < -0.4 is 4.72 Å². The van der Waals surface area contributed by atoms with Gasteiger partial charge in [0, 0.05) is 12.5 Å². The van der Waals surface area contributed by atoms with Crippen molar-refractivity contribution in [1.82, 2.24) is 9.88 Å². The molecular formula is C10H16N2O5S. The third kappa shape index (κ3) is 3.54. The Labute approximate surface area is 105 Å².